The maximum absolute atomic E-state index is 12.6. The molecule has 1 unspecified atom stereocenters. The summed E-state index contributed by atoms with van der Waals surface area (Å²) >= 11 is 0. The van der Waals surface area contributed by atoms with Crippen LogP contribution in [0, 0.1) is 13.8 Å². The van der Waals surface area contributed by atoms with Crippen LogP contribution in [-0.2, 0) is 29.7 Å². The van der Waals surface area contributed by atoms with Crippen molar-refractivity contribution in [1.29, 1.82) is 0 Å². The zero-order valence-corrected chi connectivity index (χ0v) is 18.2. The van der Waals surface area contributed by atoms with E-state index in [9.17, 15) is 8.42 Å². The van der Waals surface area contributed by atoms with Crippen molar-refractivity contribution in [3.63, 3.8) is 0 Å². The molecule has 0 aliphatic rings. The summed E-state index contributed by atoms with van der Waals surface area (Å²) in [6.07, 6.45) is 0.836. The minimum absolute atomic E-state index is 0.299. The van der Waals surface area contributed by atoms with Gasteiger partial charge in [0, 0.05) is 25.9 Å². The Morgan fingerprint density at radius 2 is 1.89 bits per heavy atom. The molecule has 0 spiro atoms. The number of sulfonamides is 1. The quantitative estimate of drug-likeness (QED) is 0.650. The lowest BCUT2D eigenvalue weighted by Gasteiger charge is -2.16. The summed E-state index contributed by atoms with van der Waals surface area (Å²) in [6.45, 7) is 6.99. The lowest BCUT2D eigenvalue weighted by Crippen LogP contribution is -3.07. The number of rotatable bonds is 7. The van der Waals surface area contributed by atoms with Gasteiger partial charge in [0.05, 0.1) is 24.0 Å². The van der Waals surface area contributed by atoms with Crippen molar-refractivity contribution in [1.82, 2.24) is 14.1 Å². The molecule has 0 radical (unpaired) electrons. The highest BCUT2D eigenvalue weighted by Gasteiger charge is 2.27. The number of hydrogen-bond acceptors (Lipinski definition) is 4. The largest absolute Gasteiger partial charge is 0.461 e. The molecule has 0 amide bonds. The molecular weight excluding hydrogens is 376 g/mol. The van der Waals surface area contributed by atoms with E-state index in [0.29, 0.717) is 23.0 Å². The minimum atomic E-state index is -3.52. The molecular formula is C20H29N4O3S+. The highest BCUT2D eigenvalue weighted by molar-refractivity contribution is 7.89. The zero-order chi connectivity index (χ0) is 20.6. The number of nitrogens with zero attached hydrogens (tertiary/aromatic N) is 3. The maximum atomic E-state index is 12.6. The van der Waals surface area contributed by atoms with Crippen LogP contribution in [0.4, 0.5) is 0 Å². The lowest BCUT2D eigenvalue weighted by atomic mass is 10.1. The second-order valence-corrected chi connectivity index (χ2v) is 9.52. The van der Waals surface area contributed by atoms with Crippen molar-refractivity contribution < 1.29 is 17.7 Å². The van der Waals surface area contributed by atoms with Gasteiger partial charge in [-0.05, 0) is 19.9 Å². The Hall–Kier alpha value is -2.16. The molecule has 0 fully saturated rings. The Labute approximate surface area is 166 Å². The molecule has 28 heavy (non-hydrogen) atoms. The second kappa shape index (κ2) is 7.69. The number of aromatic nitrogens is 2. The SMILES string of the molecule is CCc1oc2ccccc2c1C[NH+](C)Cn1nc(C)c(S(=O)(=O)N(C)C)c1C. The summed E-state index contributed by atoms with van der Waals surface area (Å²) in [5.74, 6) is 1.00. The van der Waals surface area contributed by atoms with Gasteiger partial charge < -0.3 is 9.32 Å². The van der Waals surface area contributed by atoms with Crippen LogP contribution < -0.4 is 4.90 Å². The maximum Gasteiger partial charge on any atom is 0.246 e. The molecule has 1 N–H and O–H groups in total. The van der Waals surface area contributed by atoms with E-state index in [0.717, 1.165) is 29.7 Å². The fraction of sp³-hybridized carbons (Fsp3) is 0.450. The fourth-order valence-electron chi connectivity index (χ4n) is 3.63. The number of fused-ring (bicyclic) bond motifs is 1. The molecule has 3 rings (SSSR count). The average Bonchev–Trinajstić information content (AvgIpc) is 3.12. The Morgan fingerprint density at radius 1 is 1.21 bits per heavy atom. The van der Waals surface area contributed by atoms with E-state index in [-0.39, 0.29) is 0 Å². The van der Waals surface area contributed by atoms with Gasteiger partial charge in [0.25, 0.3) is 0 Å². The molecule has 2 heterocycles. The van der Waals surface area contributed by atoms with Crippen molar-refractivity contribution >= 4 is 21.0 Å². The second-order valence-electron chi connectivity index (χ2n) is 7.43. The van der Waals surface area contributed by atoms with Crippen molar-refractivity contribution in [3.8, 4) is 0 Å². The number of quaternary nitrogens is 1. The molecule has 0 bridgehead atoms. The molecule has 7 nitrogen and oxygen atoms in total. The Kier molecular flexibility index (Phi) is 5.65. The van der Waals surface area contributed by atoms with Gasteiger partial charge in [-0.2, -0.15) is 5.10 Å². The molecule has 2 aromatic heterocycles. The van der Waals surface area contributed by atoms with Gasteiger partial charge in [-0.1, -0.05) is 25.1 Å². The first-order valence-corrected chi connectivity index (χ1v) is 10.9. The van der Waals surface area contributed by atoms with Crippen LogP contribution in [0.15, 0.2) is 33.6 Å². The van der Waals surface area contributed by atoms with E-state index < -0.39 is 10.0 Å². The summed E-state index contributed by atoms with van der Waals surface area (Å²) in [6, 6.07) is 8.09. The average molecular weight is 406 g/mol. The first-order chi connectivity index (χ1) is 13.2. The Bertz CT molecular complexity index is 1100. The summed E-state index contributed by atoms with van der Waals surface area (Å²) in [7, 11) is 1.65. The van der Waals surface area contributed by atoms with Crippen LogP contribution in [0.1, 0.15) is 29.6 Å². The standard InChI is InChI=1S/C20H28N4O3S/c1-7-18-17(16-10-8-9-11-19(16)27-18)12-23(6)13-24-15(3)20(14(2)21-24)28(25,26)22(4)5/h8-11H,7,12-13H2,1-6H3/p+1. The fourth-order valence-corrected chi connectivity index (χ4v) is 4.89. The van der Waals surface area contributed by atoms with Crippen molar-refractivity contribution in [2.24, 2.45) is 0 Å². The van der Waals surface area contributed by atoms with E-state index >= 15 is 0 Å². The topological polar surface area (TPSA) is 72.8 Å². The molecule has 3 aromatic rings. The summed E-state index contributed by atoms with van der Waals surface area (Å²) in [4.78, 5) is 1.49. The highest BCUT2D eigenvalue weighted by atomic mass is 32.2. The number of para-hydroxylation sites is 1. The van der Waals surface area contributed by atoms with Crippen LogP contribution in [-0.4, -0.2) is 43.6 Å². The third-order valence-corrected chi connectivity index (χ3v) is 7.12. The van der Waals surface area contributed by atoms with Gasteiger partial charge in [-0.3, -0.25) is 0 Å². The summed E-state index contributed by atoms with van der Waals surface area (Å²) in [5.41, 5.74) is 3.31. The predicted octanol–water partition coefficient (Wildman–Crippen LogP) is 1.73. The van der Waals surface area contributed by atoms with E-state index in [2.05, 4.69) is 25.1 Å². The summed E-state index contributed by atoms with van der Waals surface area (Å²) < 4.78 is 34.2. The molecule has 0 saturated carbocycles. The number of benzene rings is 1. The normalized spacial score (nSPS) is 13.5. The molecule has 1 aromatic carbocycles. The van der Waals surface area contributed by atoms with E-state index in [1.807, 2.05) is 25.1 Å². The van der Waals surface area contributed by atoms with Gasteiger partial charge >= 0.3 is 0 Å². The lowest BCUT2D eigenvalue weighted by molar-refractivity contribution is -0.917. The molecule has 0 aliphatic heterocycles. The molecule has 1 atom stereocenters. The number of hydrogen-bond donors (Lipinski definition) is 1. The molecule has 0 aliphatic carbocycles. The van der Waals surface area contributed by atoms with Gasteiger partial charge in [-0.25, -0.2) is 17.4 Å². The van der Waals surface area contributed by atoms with E-state index in [1.54, 1.807) is 25.7 Å². The van der Waals surface area contributed by atoms with Gasteiger partial charge in [-0.15, -0.1) is 0 Å². The predicted molar refractivity (Wildman–Crippen MR) is 109 cm³/mol. The highest BCUT2D eigenvalue weighted by Crippen LogP contribution is 2.26. The molecule has 0 saturated heterocycles. The van der Waals surface area contributed by atoms with Gasteiger partial charge in [0.15, 0.2) is 6.67 Å². The van der Waals surface area contributed by atoms with Crippen molar-refractivity contribution in [2.75, 3.05) is 21.1 Å². The first kappa shape index (κ1) is 20.6. The molecule has 152 valence electrons. The smallest absolute Gasteiger partial charge is 0.246 e. The monoisotopic (exact) mass is 405 g/mol. The van der Waals surface area contributed by atoms with E-state index in [4.69, 9.17) is 4.42 Å². The van der Waals surface area contributed by atoms with Crippen LogP contribution in [0.3, 0.4) is 0 Å². The van der Waals surface area contributed by atoms with Crippen LogP contribution >= 0.6 is 0 Å². The van der Waals surface area contributed by atoms with Crippen LogP contribution in [0.5, 0.6) is 0 Å². The van der Waals surface area contributed by atoms with Crippen LogP contribution in [0.25, 0.3) is 11.0 Å². The van der Waals surface area contributed by atoms with Gasteiger partial charge in [0.2, 0.25) is 10.0 Å². The van der Waals surface area contributed by atoms with E-state index in [1.165, 1.54) is 14.8 Å². The minimum Gasteiger partial charge on any atom is -0.461 e. The van der Waals surface area contributed by atoms with Crippen molar-refractivity contribution in [3.05, 3.63) is 47.0 Å². The zero-order valence-electron chi connectivity index (χ0n) is 17.4. The van der Waals surface area contributed by atoms with Crippen LogP contribution in [0.2, 0.25) is 0 Å². The first-order valence-electron chi connectivity index (χ1n) is 9.43. The Morgan fingerprint density at radius 3 is 2.54 bits per heavy atom. The number of nitrogens with one attached hydrogen (secondary N) is 1. The third-order valence-electron chi connectivity index (χ3n) is 5.06. The number of aryl methyl sites for hydroxylation is 2. The number of furan rings is 1. The molecule has 8 heteroatoms. The Balaban J connectivity index is 1.88. The van der Waals surface area contributed by atoms with Crippen molar-refractivity contribution in [2.45, 2.75) is 45.3 Å². The summed E-state index contributed by atoms with van der Waals surface area (Å²) in [5, 5.41) is 5.64. The third kappa shape index (κ3) is 3.59. The van der Waals surface area contributed by atoms with Gasteiger partial charge in [0.1, 0.15) is 22.8 Å².